The third-order valence-electron chi connectivity index (χ3n) is 5.86. The van der Waals surface area contributed by atoms with E-state index in [4.69, 9.17) is 14.1 Å². The number of methoxy groups -OCH3 is 1. The van der Waals surface area contributed by atoms with Crippen molar-refractivity contribution in [2.45, 2.75) is 32.4 Å². The Hall–Kier alpha value is -3.32. The molecule has 2 aromatic carbocycles. The van der Waals surface area contributed by atoms with E-state index in [2.05, 4.69) is 39.6 Å². The van der Waals surface area contributed by atoms with Crippen molar-refractivity contribution in [3.63, 3.8) is 0 Å². The molecular weight excluding hydrogens is 414 g/mol. The highest BCUT2D eigenvalue weighted by Crippen LogP contribution is 2.31. The molecule has 0 radical (unpaired) electrons. The molecular formula is C26H33N5O2. The second-order valence-electron chi connectivity index (χ2n) is 8.09. The molecule has 0 spiro atoms. The number of ether oxygens (including phenoxy) is 1. The Morgan fingerprint density at radius 3 is 2.61 bits per heavy atom. The first-order valence-electron chi connectivity index (χ1n) is 11.7. The summed E-state index contributed by atoms with van der Waals surface area (Å²) < 4.78 is 11.3. The fourth-order valence-electron chi connectivity index (χ4n) is 4.22. The smallest absolute Gasteiger partial charge is 0.226 e. The van der Waals surface area contributed by atoms with Crippen LogP contribution in [-0.4, -0.2) is 49.1 Å². The van der Waals surface area contributed by atoms with E-state index in [1.165, 1.54) is 18.4 Å². The summed E-state index contributed by atoms with van der Waals surface area (Å²) in [7, 11) is 1.74. The Morgan fingerprint density at radius 2 is 1.85 bits per heavy atom. The lowest BCUT2D eigenvalue weighted by Crippen LogP contribution is -2.42. The van der Waals surface area contributed by atoms with Crippen molar-refractivity contribution >= 4 is 5.96 Å². The van der Waals surface area contributed by atoms with Gasteiger partial charge in [-0.1, -0.05) is 36.4 Å². The molecule has 174 valence electrons. The molecule has 0 aliphatic carbocycles. The fraction of sp³-hybridized carbons (Fsp3) is 0.385. The van der Waals surface area contributed by atoms with Gasteiger partial charge in [-0.25, -0.2) is 9.98 Å². The molecule has 0 bridgehead atoms. The van der Waals surface area contributed by atoms with E-state index in [1.807, 2.05) is 42.5 Å². The van der Waals surface area contributed by atoms with Crippen LogP contribution in [0.1, 0.15) is 37.1 Å². The summed E-state index contributed by atoms with van der Waals surface area (Å²) in [5.74, 6) is 2.30. The average molecular weight is 448 g/mol. The molecule has 1 aliphatic rings. The minimum atomic E-state index is 0.212. The van der Waals surface area contributed by atoms with Gasteiger partial charge in [0.15, 0.2) is 5.96 Å². The van der Waals surface area contributed by atoms with Crippen LogP contribution in [0.4, 0.5) is 0 Å². The highest BCUT2D eigenvalue weighted by Gasteiger charge is 2.26. The topological polar surface area (TPSA) is 74.9 Å². The molecule has 7 heteroatoms. The zero-order valence-electron chi connectivity index (χ0n) is 19.5. The van der Waals surface area contributed by atoms with Gasteiger partial charge in [-0.05, 0) is 51.1 Å². The monoisotopic (exact) mass is 447 g/mol. The third-order valence-corrected chi connectivity index (χ3v) is 5.86. The lowest BCUT2D eigenvalue weighted by atomic mass is 10.0. The minimum Gasteiger partial charge on any atom is -0.496 e. The van der Waals surface area contributed by atoms with Gasteiger partial charge in [0, 0.05) is 24.2 Å². The van der Waals surface area contributed by atoms with Crippen molar-refractivity contribution < 1.29 is 9.15 Å². The predicted molar refractivity (Wildman–Crippen MR) is 131 cm³/mol. The van der Waals surface area contributed by atoms with Gasteiger partial charge in [-0.3, -0.25) is 4.90 Å². The maximum Gasteiger partial charge on any atom is 0.226 e. The van der Waals surface area contributed by atoms with E-state index in [0.717, 1.165) is 49.1 Å². The highest BCUT2D eigenvalue weighted by molar-refractivity contribution is 5.79. The molecule has 1 aromatic heterocycles. The fourth-order valence-corrected chi connectivity index (χ4v) is 4.22. The van der Waals surface area contributed by atoms with Crippen molar-refractivity contribution in [3.8, 4) is 17.2 Å². The number of nitrogens with one attached hydrogen (secondary N) is 2. The first-order valence-corrected chi connectivity index (χ1v) is 11.7. The lowest BCUT2D eigenvalue weighted by molar-refractivity contribution is 0.239. The summed E-state index contributed by atoms with van der Waals surface area (Å²) in [6.45, 7) is 6.22. The number of hydrogen-bond acceptors (Lipinski definition) is 5. The molecule has 0 amide bonds. The number of hydrogen-bond donors (Lipinski definition) is 2. The van der Waals surface area contributed by atoms with Crippen LogP contribution < -0.4 is 15.4 Å². The van der Waals surface area contributed by atoms with E-state index >= 15 is 0 Å². The third kappa shape index (κ3) is 5.93. The van der Waals surface area contributed by atoms with Crippen molar-refractivity contribution in [3.05, 3.63) is 72.1 Å². The second-order valence-corrected chi connectivity index (χ2v) is 8.09. The molecule has 4 rings (SSSR count). The number of para-hydroxylation sites is 1. The number of nitrogens with zero attached hydrogens (tertiary/aromatic N) is 3. The Bertz CT molecular complexity index is 1030. The van der Waals surface area contributed by atoms with Gasteiger partial charge >= 0.3 is 0 Å². The van der Waals surface area contributed by atoms with Gasteiger partial charge in [0.05, 0.1) is 19.7 Å². The zero-order chi connectivity index (χ0) is 22.9. The summed E-state index contributed by atoms with van der Waals surface area (Å²) in [6, 6.07) is 18.4. The minimum absolute atomic E-state index is 0.212. The summed E-state index contributed by atoms with van der Waals surface area (Å²) >= 11 is 0. The first kappa shape index (κ1) is 22.9. The van der Waals surface area contributed by atoms with Crippen LogP contribution in [0, 0.1) is 0 Å². The SMILES string of the molecule is CCNC(=NCc1coc(-c2ccccc2)n1)NCC(c1ccccc1OC)N1CCCC1. The van der Waals surface area contributed by atoms with Crippen LogP contribution in [0.25, 0.3) is 11.5 Å². The molecule has 1 saturated heterocycles. The number of guanidine groups is 1. The molecule has 1 unspecified atom stereocenters. The van der Waals surface area contributed by atoms with Crippen LogP contribution >= 0.6 is 0 Å². The van der Waals surface area contributed by atoms with E-state index in [-0.39, 0.29) is 6.04 Å². The van der Waals surface area contributed by atoms with E-state index in [1.54, 1.807) is 13.4 Å². The number of oxazole rings is 1. The Labute approximate surface area is 195 Å². The molecule has 7 nitrogen and oxygen atoms in total. The van der Waals surface area contributed by atoms with Gasteiger partial charge < -0.3 is 19.8 Å². The number of aliphatic imine (C=N–C) groups is 1. The standard InChI is InChI=1S/C26H33N5O2/c1-3-27-26(28-17-21-19-33-25(30-21)20-11-5-4-6-12-20)29-18-23(31-15-9-10-16-31)22-13-7-8-14-24(22)32-2/h4-8,11-14,19,23H,3,9-10,15-18H2,1-2H3,(H2,27,28,29). The van der Waals surface area contributed by atoms with E-state index < -0.39 is 0 Å². The molecule has 33 heavy (non-hydrogen) atoms. The van der Waals surface area contributed by atoms with Crippen molar-refractivity contribution in [1.29, 1.82) is 0 Å². The van der Waals surface area contributed by atoms with Crippen LogP contribution in [-0.2, 0) is 6.54 Å². The average Bonchev–Trinajstić information content (AvgIpc) is 3.56. The summed E-state index contributed by atoms with van der Waals surface area (Å²) in [5.41, 5.74) is 2.96. The quantitative estimate of drug-likeness (QED) is 0.377. The van der Waals surface area contributed by atoms with Crippen molar-refractivity contribution in [2.75, 3.05) is 33.3 Å². The lowest BCUT2D eigenvalue weighted by Gasteiger charge is -2.30. The van der Waals surface area contributed by atoms with Gasteiger partial charge in [0.1, 0.15) is 17.7 Å². The summed E-state index contributed by atoms with van der Waals surface area (Å²) in [5, 5.41) is 6.89. The second kappa shape index (κ2) is 11.5. The zero-order valence-corrected chi connectivity index (χ0v) is 19.5. The highest BCUT2D eigenvalue weighted by atomic mass is 16.5. The van der Waals surface area contributed by atoms with E-state index in [0.29, 0.717) is 12.4 Å². The maximum absolute atomic E-state index is 5.67. The molecule has 3 aromatic rings. The van der Waals surface area contributed by atoms with Gasteiger partial charge in [-0.2, -0.15) is 0 Å². The molecule has 0 saturated carbocycles. The van der Waals surface area contributed by atoms with E-state index in [9.17, 15) is 0 Å². The predicted octanol–water partition coefficient (Wildman–Crippen LogP) is 4.24. The Balaban J connectivity index is 1.46. The molecule has 1 aliphatic heterocycles. The number of benzene rings is 2. The largest absolute Gasteiger partial charge is 0.496 e. The summed E-state index contributed by atoms with van der Waals surface area (Å²) in [6.07, 6.45) is 4.14. The van der Waals surface area contributed by atoms with Crippen molar-refractivity contribution in [2.24, 2.45) is 4.99 Å². The number of likely N-dealkylation sites (tertiary alicyclic amines) is 1. The van der Waals surface area contributed by atoms with Crippen LogP contribution in [0.5, 0.6) is 5.75 Å². The van der Waals surface area contributed by atoms with Gasteiger partial charge in [0.25, 0.3) is 0 Å². The van der Waals surface area contributed by atoms with Crippen LogP contribution in [0.15, 0.2) is 70.3 Å². The number of aromatic nitrogens is 1. The first-order chi connectivity index (χ1) is 16.3. The van der Waals surface area contributed by atoms with Crippen LogP contribution in [0.3, 0.4) is 0 Å². The molecule has 1 fully saturated rings. The normalized spacial score (nSPS) is 15.4. The Kier molecular flexibility index (Phi) is 7.98. The molecule has 1 atom stereocenters. The Morgan fingerprint density at radius 1 is 1.09 bits per heavy atom. The molecule has 2 heterocycles. The molecule has 2 N–H and O–H groups in total. The maximum atomic E-state index is 5.67. The van der Waals surface area contributed by atoms with Crippen LogP contribution in [0.2, 0.25) is 0 Å². The number of rotatable bonds is 9. The summed E-state index contributed by atoms with van der Waals surface area (Å²) in [4.78, 5) is 11.9. The van der Waals surface area contributed by atoms with Gasteiger partial charge in [0.2, 0.25) is 5.89 Å². The van der Waals surface area contributed by atoms with Gasteiger partial charge in [-0.15, -0.1) is 0 Å². The van der Waals surface area contributed by atoms with Crippen molar-refractivity contribution in [1.82, 2.24) is 20.5 Å².